The van der Waals surface area contributed by atoms with Crippen molar-refractivity contribution in [2.75, 3.05) is 18.5 Å². The molecule has 1 amide bonds. The second-order valence-corrected chi connectivity index (χ2v) is 9.64. The van der Waals surface area contributed by atoms with Crippen molar-refractivity contribution in [3.63, 3.8) is 0 Å². The van der Waals surface area contributed by atoms with Gasteiger partial charge in [-0.3, -0.25) is 10.1 Å². The molecule has 2 aromatic carbocycles. The monoisotopic (exact) mass is 508 g/mol. The lowest BCUT2D eigenvalue weighted by Gasteiger charge is -2.14. The number of fused-ring (bicyclic) bond motifs is 1. The Hall–Kier alpha value is -3.23. The van der Waals surface area contributed by atoms with Gasteiger partial charge in [-0.15, -0.1) is 11.3 Å². The number of thiophene rings is 1. The molecule has 0 unspecified atom stereocenters. The lowest BCUT2D eigenvalue weighted by Crippen LogP contribution is -2.34. The molecular formula is C27H28N2O4S2. The summed E-state index contributed by atoms with van der Waals surface area (Å²) in [4.78, 5) is 26.9. The average Bonchev–Trinajstić information content (AvgIpc) is 3.22. The Morgan fingerprint density at radius 2 is 1.77 bits per heavy atom. The highest BCUT2D eigenvalue weighted by molar-refractivity contribution is 7.80. The average molecular weight is 509 g/mol. The molecule has 6 nitrogen and oxygen atoms in total. The zero-order valence-electron chi connectivity index (χ0n) is 19.6. The highest BCUT2D eigenvalue weighted by Gasteiger charge is 2.27. The van der Waals surface area contributed by atoms with Crippen molar-refractivity contribution in [1.29, 1.82) is 0 Å². The van der Waals surface area contributed by atoms with E-state index in [0.717, 1.165) is 43.2 Å². The van der Waals surface area contributed by atoms with Crippen molar-refractivity contribution in [1.82, 2.24) is 5.32 Å². The molecule has 35 heavy (non-hydrogen) atoms. The van der Waals surface area contributed by atoms with E-state index in [1.807, 2.05) is 36.4 Å². The minimum atomic E-state index is -0.378. The Morgan fingerprint density at radius 1 is 1.03 bits per heavy atom. The number of thiocarbonyl (C=S) groups is 1. The van der Waals surface area contributed by atoms with Gasteiger partial charge in [-0.1, -0.05) is 42.5 Å². The zero-order chi connectivity index (χ0) is 24.6. The number of carbonyl (C=O) groups is 2. The van der Waals surface area contributed by atoms with Gasteiger partial charge in [-0.2, -0.15) is 0 Å². The first-order chi connectivity index (χ1) is 17.1. The van der Waals surface area contributed by atoms with Gasteiger partial charge in [0.25, 0.3) is 5.91 Å². The Balaban J connectivity index is 1.43. The summed E-state index contributed by atoms with van der Waals surface area (Å²) in [5.74, 6) is -0.250. The number of aryl methyl sites for hydroxylation is 1. The van der Waals surface area contributed by atoms with Crippen molar-refractivity contribution >= 4 is 45.5 Å². The lowest BCUT2D eigenvalue weighted by molar-refractivity contribution is 0.0526. The number of amides is 1. The molecule has 0 saturated heterocycles. The maximum Gasteiger partial charge on any atom is 0.341 e. The van der Waals surface area contributed by atoms with E-state index in [1.54, 1.807) is 25.1 Å². The maximum atomic E-state index is 13.0. The van der Waals surface area contributed by atoms with E-state index in [9.17, 15) is 9.59 Å². The molecule has 0 saturated carbocycles. The van der Waals surface area contributed by atoms with Crippen molar-refractivity contribution in [2.45, 2.75) is 39.0 Å². The molecule has 1 heterocycles. The number of ether oxygens (including phenoxy) is 2. The van der Waals surface area contributed by atoms with Crippen LogP contribution in [0.2, 0.25) is 0 Å². The number of hydrogen-bond acceptors (Lipinski definition) is 6. The van der Waals surface area contributed by atoms with E-state index in [1.165, 1.54) is 16.2 Å². The van der Waals surface area contributed by atoms with E-state index < -0.39 is 0 Å². The van der Waals surface area contributed by atoms with Crippen molar-refractivity contribution < 1.29 is 19.1 Å². The number of benzene rings is 2. The number of carbonyl (C=O) groups excluding carboxylic acids is 2. The topological polar surface area (TPSA) is 76.7 Å². The second kappa shape index (κ2) is 12.0. The van der Waals surface area contributed by atoms with E-state index in [4.69, 9.17) is 21.7 Å². The van der Waals surface area contributed by atoms with Gasteiger partial charge in [0.2, 0.25) is 0 Å². The van der Waals surface area contributed by atoms with Crippen LogP contribution in [0.3, 0.4) is 0 Å². The number of nitrogens with one attached hydrogen (secondary N) is 2. The Morgan fingerprint density at radius 3 is 2.57 bits per heavy atom. The smallest absolute Gasteiger partial charge is 0.341 e. The van der Waals surface area contributed by atoms with Gasteiger partial charge in [0, 0.05) is 11.3 Å². The number of anilines is 1. The summed E-state index contributed by atoms with van der Waals surface area (Å²) in [5, 5.41) is 6.54. The SMILES string of the molecule is CCOC(=O)c1c(NC(=S)NC(=O)c2ccccc2OCCc2ccccc2)sc2c1CCCC2. The van der Waals surface area contributed by atoms with Gasteiger partial charge in [0.15, 0.2) is 5.11 Å². The van der Waals surface area contributed by atoms with Gasteiger partial charge in [0.05, 0.1) is 24.3 Å². The molecule has 0 radical (unpaired) electrons. The maximum absolute atomic E-state index is 13.0. The third-order valence-electron chi connectivity index (χ3n) is 5.73. The molecule has 8 heteroatoms. The Bertz CT molecular complexity index is 1210. The summed E-state index contributed by atoms with van der Waals surface area (Å²) in [6.45, 7) is 2.53. The third kappa shape index (κ3) is 6.26. The fourth-order valence-electron chi connectivity index (χ4n) is 4.08. The van der Waals surface area contributed by atoms with Gasteiger partial charge in [-0.25, -0.2) is 4.79 Å². The first-order valence-corrected chi connectivity index (χ1v) is 13.0. The van der Waals surface area contributed by atoms with Crippen LogP contribution in [0, 0.1) is 0 Å². The number of hydrogen-bond donors (Lipinski definition) is 2. The quantitative estimate of drug-likeness (QED) is 0.307. The molecule has 1 aromatic heterocycles. The van der Waals surface area contributed by atoms with Crippen LogP contribution in [0.4, 0.5) is 5.00 Å². The third-order valence-corrected chi connectivity index (χ3v) is 7.14. The lowest BCUT2D eigenvalue weighted by atomic mass is 9.95. The highest BCUT2D eigenvalue weighted by Crippen LogP contribution is 2.38. The minimum Gasteiger partial charge on any atom is -0.492 e. The van der Waals surface area contributed by atoms with Crippen molar-refractivity contribution in [2.24, 2.45) is 0 Å². The van der Waals surface area contributed by atoms with Crippen molar-refractivity contribution in [3.8, 4) is 5.75 Å². The van der Waals surface area contributed by atoms with E-state index in [2.05, 4.69) is 10.6 Å². The number of para-hydroxylation sites is 1. The molecule has 0 spiro atoms. The van der Waals surface area contributed by atoms with Gasteiger partial charge in [-0.05, 0) is 68.1 Å². The van der Waals surface area contributed by atoms with Crippen LogP contribution < -0.4 is 15.4 Å². The molecule has 0 atom stereocenters. The first-order valence-electron chi connectivity index (χ1n) is 11.8. The van der Waals surface area contributed by atoms with Gasteiger partial charge in [0.1, 0.15) is 10.8 Å². The normalized spacial score (nSPS) is 12.4. The van der Waals surface area contributed by atoms with E-state index in [-0.39, 0.29) is 17.0 Å². The van der Waals surface area contributed by atoms with Crippen LogP contribution in [0.15, 0.2) is 54.6 Å². The summed E-state index contributed by atoms with van der Waals surface area (Å²) in [6.07, 6.45) is 4.64. The van der Waals surface area contributed by atoms with Crippen LogP contribution in [0.5, 0.6) is 5.75 Å². The zero-order valence-corrected chi connectivity index (χ0v) is 21.2. The fourth-order valence-corrected chi connectivity index (χ4v) is 5.62. The van der Waals surface area contributed by atoms with Gasteiger partial charge < -0.3 is 14.8 Å². The second-order valence-electron chi connectivity index (χ2n) is 8.12. The first kappa shape index (κ1) is 24.9. The van der Waals surface area contributed by atoms with Gasteiger partial charge >= 0.3 is 5.97 Å². The largest absolute Gasteiger partial charge is 0.492 e. The molecule has 1 aliphatic rings. The van der Waals surface area contributed by atoms with Crippen molar-refractivity contribution in [3.05, 3.63) is 81.7 Å². The molecule has 1 aliphatic carbocycles. The predicted octanol–water partition coefficient (Wildman–Crippen LogP) is 5.55. The van der Waals surface area contributed by atoms with E-state index >= 15 is 0 Å². The predicted molar refractivity (Wildman–Crippen MR) is 143 cm³/mol. The highest BCUT2D eigenvalue weighted by atomic mass is 32.1. The molecular weight excluding hydrogens is 480 g/mol. The molecule has 0 bridgehead atoms. The molecule has 182 valence electrons. The summed E-state index contributed by atoms with van der Waals surface area (Å²) in [7, 11) is 0. The van der Waals surface area contributed by atoms with E-state index in [0.29, 0.717) is 35.1 Å². The molecule has 0 aliphatic heterocycles. The number of rotatable bonds is 8. The number of esters is 1. The van der Waals surface area contributed by atoms with Crippen LogP contribution in [0.25, 0.3) is 0 Å². The molecule has 2 N–H and O–H groups in total. The Kier molecular flexibility index (Phi) is 8.50. The summed E-state index contributed by atoms with van der Waals surface area (Å²) in [6, 6.07) is 17.1. The molecule has 0 fully saturated rings. The summed E-state index contributed by atoms with van der Waals surface area (Å²) >= 11 is 6.93. The Labute approximate surface area is 214 Å². The molecule has 3 aromatic rings. The summed E-state index contributed by atoms with van der Waals surface area (Å²) in [5.41, 5.74) is 3.12. The molecule has 4 rings (SSSR count). The summed E-state index contributed by atoms with van der Waals surface area (Å²) < 4.78 is 11.2. The van der Waals surface area contributed by atoms with Crippen LogP contribution in [-0.2, 0) is 24.0 Å². The standard InChI is InChI=1S/C27H28N2O4S2/c1-2-32-26(31)23-20-13-7-9-15-22(20)35-25(23)29-27(34)28-24(30)19-12-6-8-14-21(19)33-17-16-18-10-4-3-5-11-18/h3-6,8,10-12,14H,2,7,9,13,15-17H2,1H3,(H2,28,29,30,34). The van der Waals surface area contributed by atoms with Crippen LogP contribution in [0.1, 0.15) is 56.5 Å². The fraction of sp³-hybridized carbons (Fsp3) is 0.296. The van der Waals surface area contributed by atoms with Crippen LogP contribution >= 0.6 is 23.6 Å². The van der Waals surface area contributed by atoms with Crippen LogP contribution in [-0.4, -0.2) is 30.2 Å². The minimum absolute atomic E-state index is 0.123.